The van der Waals surface area contributed by atoms with Crippen LogP contribution in [0.1, 0.15) is 0 Å². The van der Waals surface area contributed by atoms with Crippen LogP contribution >= 0.6 is 58.0 Å². The fourth-order valence-electron chi connectivity index (χ4n) is 1.04. The van der Waals surface area contributed by atoms with Gasteiger partial charge in [-0.15, -0.1) is 0 Å². The quantitative estimate of drug-likeness (QED) is 0.414. The molecule has 3 nitrogen and oxygen atoms in total. The van der Waals surface area contributed by atoms with Crippen molar-refractivity contribution in [3.05, 3.63) is 25.8 Å². The van der Waals surface area contributed by atoms with Gasteiger partial charge in [-0.05, 0) is 11.6 Å². The Kier molecular flexibility index (Phi) is 3.10. The first-order valence-corrected chi connectivity index (χ1v) is 5.43. The largest absolute Gasteiger partial charge is 0.224 e. The van der Waals surface area contributed by atoms with Gasteiger partial charge in [0.15, 0.2) is 5.15 Å². The van der Waals surface area contributed by atoms with E-state index in [1.807, 2.05) is 0 Å². The van der Waals surface area contributed by atoms with E-state index in [0.717, 1.165) is 0 Å². The molecule has 2 aromatic heterocycles. The third-order valence-electron chi connectivity index (χ3n) is 1.63. The monoisotopic (exact) mass is 301 g/mol. The molecule has 0 radical (unpaired) electrons. The maximum atomic E-state index is 5.90. The van der Waals surface area contributed by atoms with Gasteiger partial charge in [0.05, 0.1) is 10.4 Å². The van der Waals surface area contributed by atoms with Gasteiger partial charge < -0.3 is 0 Å². The highest BCUT2D eigenvalue weighted by Gasteiger charge is 2.16. The van der Waals surface area contributed by atoms with Crippen LogP contribution in [0.5, 0.6) is 0 Å². The van der Waals surface area contributed by atoms with E-state index in [2.05, 4.69) is 15.0 Å². The smallest absolute Gasteiger partial charge is 0.220 e. The van der Waals surface area contributed by atoms with Gasteiger partial charge in [-0.25, -0.2) is 15.0 Å². The number of fused-ring (bicyclic) bond motifs is 1. The molecule has 0 atom stereocenters. The van der Waals surface area contributed by atoms with Crippen LogP contribution in [0, 0.1) is 0 Å². The van der Waals surface area contributed by atoms with Gasteiger partial charge in [-0.3, -0.25) is 0 Å². The first kappa shape index (κ1) is 11.4. The maximum Gasteiger partial charge on any atom is 0.224 e. The van der Waals surface area contributed by atoms with Crippen LogP contribution in [-0.4, -0.2) is 15.0 Å². The summed E-state index contributed by atoms with van der Waals surface area (Å²) in [5.74, 6) is 0. The summed E-state index contributed by atoms with van der Waals surface area (Å²) >= 11 is 28.9. The fourth-order valence-corrected chi connectivity index (χ4v) is 2.23. The summed E-state index contributed by atoms with van der Waals surface area (Å²) < 4.78 is 0. The van der Waals surface area contributed by atoms with Gasteiger partial charge in [-0.1, -0.05) is 46.4 Å². The Morgan fingerprint density at radius 3 is 2.00 bits per heavy atom. The molecule has 0 saturated heterocycles. The summed E-state index contributed by atoms with van der Waals surface area (Å²) in [5, 5.41) is 0.661. The SMILES string of the molecule is Clc1nc(Cl)c2c(Cl)c(Cl)nc(Cl)c2n1. The summed E-state index contributed by atoms with van der Waals surface area (Å²) in [6, 6.07) is 0. The van der Waals surface area contributed by atoms with E-state index in [0.29, 0.717) is 5.39 Å². The molecule has 78 valence electrons. The third kappa shape index (κ3) is 1.95. The van der Waals surface area contributed by atoms with Crippen LogP contribution in [0.25, 0.3) is 10.9 Å². The molecule has 0 amide bonds. The van der Waals surface area contributed by atoms with Crippen molar-refractivity contribution in [2.45, 2.75) is 0 Å². The minimum Gasteiger partial charge on any atom is -0.220 e. The molecule has 0 unspecified atom stereocenters. The molecule has 0 aromatic carbocycles. The van der Waals surface area contributed by atoms with Gasteiger partial charge in [0.1, 0.15) is 15.8 Å². The number of hydrogen-bond acceptors (Lipinski definition) is 3. The molecular formula is C7Cl5N3. The third-order valence-corrected chi connectivity index (χ3v) is 3.07. The zero-order valence-electron chi connectivity index (χ0n) is 6.73. The first-order chi connectivity index (χ1) is 7.00. The minimum atomic E-state index is -0.0328. The maximum absolute atomic E-state index is 5.90. The summed E-state index contributed by atoms with van der Waals surface area (Å²) in [4.78, 5) is 11.4. The van der Waals surface area contributed by atoms with Gasteiger partial charge in [0.2, 0.25) is 5.28 Å². The Morgan fingerprint density at radius 2 is 1.33 bits per heavy atom. The van der Waals surface area contributed by atoms with Crippen molar-refractivity contribution < 1.29 is 0 Å². The second kappa shape index (κ2) is 4.07. The Morgan fingerprint density at radius 1 is 0.667 bits per heavy atom. The number of hydrogen-bond donors (Lipinski definition) is 0. The predicted molar refractivity (Wildman–Crippen MR) is 62.4 cm³/mol. The standard InChI is InChI=1S/C7Cl5N3/c8-2-1-3(6(11)14-5(2)10)13-7(12)15-4(1)9. The van der Waals surface area contributed by atoms with Crippen LogP contribution in [0.15, 0.2) is 0 Å². The van der Waals surface area contributed by atoms with E-state index < -0.39 is 0 Å². The highest BCUT2D eigenvalue weighted by Crippen LogP contribution is 2.36. The molecule has 0 fully saturated rings. The highest BCUT2D eigenvalue weighted by atomic mass is 35.5. The first-order valence-electron chi connectivity index (χ1n) is 3.54. The van der Waals surface area contributed by atoms with Crippen LogP contribution in [0.4, 0.5) is 0 Å². The van der Waals surface area contributed by atoms with Gasteiger partial charge in [0.25, 0.3) is 0 Å². The lowest BCUT2D eigenvalue weighted by molar-refractivity contribution is 1.20. The predicted octanol–water partition coefficient (Wildman–Crippen LogP) is 4.29. The Hall–Kier alpha value is -0.0600. The summed E-state index contributed by atoms with van der Waals surface area (Å²) in [5.41, 5.74) is 0.274. The molecule has 2 rings (SSSR count). The number of aromatic nitrogens is 3. The molecule has 0 aliphatic heterocycles. The van der Waals surface area contributed by atoms with E-state index in [1.54, 1.807) is 0 Å². The molecular weight excluding hydrogens is 303 g/mol. The van der Waals surface area contributed by atoms with Crippen LogP contribution < -0.4 is 0 Å². The average molecular weight is 303 g/mol. The number of halogens is 5. The zero-order chi connectivity index (χ0) is 11.2. The summed E-state index contributed by atoms with van der Waals surface area (Å²) in [6.07, 6.45) is 0. The number of pyridine rings is 1. The highest BCUT2D eigenvalue weighted by molar-refractivity contribution is 6.49. The van der Waals surface area contributed by atoms with Crippen LogP contribution in [0.3, 0.4) is 0 Å². The molecule has 0 bridgehead atoms. The Balaban J connectivity index is 3.03. The van der Waals surface area contributed by atoms with Crippen molar-refractivity contribution in [2.75, 3.05) is 0 Å². The molecule has 0 aliphatic carbocycles. The second-order valence-electron chi connectivity index (χ2n) is 2.51. The van der Waals surface area contributed by atoms with Gasteiger partial charge in [0, 0.05) is 0 Å². The lowest BCUT2D eigenvalue weighted by Crippen LogP contribution is -1.91. The Labute approximate surface area is 109 Å². The van der Waals surface area contributed by atoms with Crippen LogP contribution in [0.2, 0.25) is 25.8 Å². The topological polar surface area (TPSA) is 38.7 Å². The van der Waals surface area contributed by atoms with Crippen molar-refractivity contribution in [1.82, 2.24) is 15.0 Å². The van der Waals surface area contributed by atoms with E-state index in [4.69, 9.17) is 58.0 Å². The van der Waals surface area contributed by atoms with Crippen molar-refractivity contribution in [3.63, 3.8) is 0 Å². The zero-order valence-corrected chi connectivity index (χ0v) is 10.5. The summed E-state index contributed by atoms with van der Waals surface area (Å²) in [7, 11) is 0. The van der Waals surface area contributed by atoms with Crippen molar-refractivity contribution in [2.24, 2.45) is 0 Å². The van der Waals surface area contributed by atoms with Crippen molar-refractivity contribution >= 4 is 68.9 Å². The molecule has 2 heterocycles. The van der Waals surface area contributed by atoms with E-state index >= 15 is 0 Å². The summed E-state index contributed by atoms with van der Waals surface area (Å²) in [6.45, 7) is 0. The molecule has 0 saturated carbocycles. The van der Waals surface area contributed by atoms with E-state index in [-0.39, 0.29) is 31.3 Å². The Bertz CT molecular complexity index is 556. The van der Waals surface area contributed by atoms with Crippen molar-refractivity contribution in [1.29, 1.82) is 0 Å². The molecule has 15 heavy (non-hydrogen) atoms. The minimum absolute atomic E-state index is 0.0328. The van der Waals surface area contributed by atoms with E-state index in [1.165, 1.54) is 0 Å². The molecule has 0 spiro atoms. The number of rotatable bonds is 0. The van der Waals surface area contributed by atoms with Gasteiger partial charge >= 0.3 is 0 Å². The van der Waals surface area contributed by atoms with Crippen molar-refractivity contribution in [3.8, 4) is 0 Å². The van der Waals surface area contributed by atoms with Crippen LogP contribution in [-0.2, 0) is 0 Å². The molecule has 0 N–H and O–H groups in total. The van der Waals surface area contributed by atoms with Gasteiger partial charge in [-0.2, -0.15) is 0 Å². The molecule has 2 aromatic rings. The molecule has 0 aliphatic rings. The number of nitrogens with zero attached hydrogens (tertiary/aromatic N) is 3. The van der Waals surface area contributed by atoms with E-state index in [9.17, 15) is 0 Å². The average Bonchev–Trinajstić information content (AvgIpc) is 2.13. The second-order valence-corrected chi connectivity index (χ2v) is 4.30. The lowest BCUT2D eigenvalue weighted by Gasteiger charge is -2.04. The lowest BCUT2D eigenvalue weighted by atomic mass is 10.3. The fraction of sp³-hybridized carbons (Fsp3) is 0. The normalized spacial score (nSPS) is 11.0. The molecule has 8 heteroatoms.